The molecule has 1 aromatic carbocycles. The van der Waals surface area contributed by atoms with Crippen molar-refractivity contribution in [1.29, 1.82) is 0 Å². The maximum absolute atomic E-state index is 11.8. The Kier molecular flexibility index (Phi) is 4.16. The van der Waals surface area contributed by atoms with Crippen molar-refractivity contribution in [3.8, 4) is 0 Å². The monoisotopic (exact) mass is 263 g/mol. The molecule has 2 rings (SSSR count). The molecule has 1 unspecified atom stereocenters. The number of carbonyl (C=O) groups excluding carboxylic acids is 1. The van der Waals surface area contributed by atoms with Crippen LogP contribution in [-0.4, -0.2) is 33.5 Å². The molecule has 1 heterocycles. The van der Waals surface area contributed by atoms with Crippen molar-refractivity contribution in [1.82, 2.24) is 4.90 Å². The van der Waals surface area contributed by atoms with Crippen LogP contribution in [0.15, 0.2) is 24.3 Å². The number of nitrogens with zero attached hydrogens (tertiary/aromatic N) is 1. The Hall–Kier alpha value is -1.88. The number of hydrogen-bond donors (Lipinski definition) is 2. The Bertz CT molecular complexity index is 469. The molecular weight excluding hydrogens is 246 g/mol. The largest absolute Gasteiger partial charge is 0.481 e. The Balaban J connectivity index is 2.03. The third-order valence-electron chi connectivity index (χ3n) is 3.43. The van der Waals surface area contributed by atoms with Gasteiger partial charge in [0.05, 0.1) is 12.5 Å². The molecule has 5 nitrogen and oxygen atoms in total. The number of likely N-dealkylation sites (tertiary alicyclic amines) is 1. The van der Waals surface area contributed by atoms with E-state index < -0.39 is 11.9 Å². The summed E-state index contributed by atoms with van der Waals surface area (Å²) in [5.41, 5.74) is 1.76. The van der Waals surface area contributed by atoms with Crippen LogP contribution in [0.2, 0.25) is 0 Å². The van der Waals surface area contributed by atoms with Gasteiger partial charge in [0, 0.05) is 19.5 Å². The van der Waals surface area contributed by atoms with Gasteiger partial charge in [0.25, 0.3) is 0 Å². The highest BCUT2D eigenvalue weighted by Crippen LogP contribution is 2.20. The molecular formula is C14H17NO4. The summed E-state index contributed by atoms with van der Waals surface area (Å²) in [4.78, 5) is 24.4. The van der Waals surface area contributed by atoms with Crippen LogP contribution >= 0.6 is 0 Å². The van der Waals surface area contributed by atoms with Crippen molar-refractivity contribution in [2.24, 2.45) is 5.92 Å². The highest BCUT2D eigenvalue weighted by Gasteiger charge is 2.29. The lowest BCUT2D eigenvalue weighted by molar-refractivity contribution is -0.147. The summed E-state index contributed by atoms with van der Waals surface area (Å²) in [7, 11) is 0. The summed E-state index contributed by atoms with van der Waals surface area (Å²) in [6, 6.07) is 7.31. The van der Waals surface area contributed by atoms with Crippen molar-refractivity contribution >= 4 is 11.9 Å². The Morgan fingerprint density at radius 2 is 1.89 bits per heavy atom. The number of piperidine rings is 1. The molecule has 5 heteroatoms. The normalized spacial score (nSPS) is 19.5. The molecule has 0 spiro atoms. The summed E-state index contributed by atoms with van der Waals surface area (Å²) in [5, 5.41) is 18.0. The van der Waals surface area contributed by atoms with Gasteiger partial charge in [-0.15, -0.1) is 0 Å². The van der Waals surface area contributed by atoms with Gasteiger partial charge in [-0.1, -0.05) is 24.3 Å². The molecule has 1 atom stereocenters. The molecule has 0 aliphatic carbocycles. The van der Waals surface area contributed by atoms with E-state index in [1.807, 2.05) is 12.1 Å². The van der Waals surface area contributed by atoms with E-state index in [4.69, 9.17) is 10.2 Å². The van der Waals surface area contributed by atoms with Crippen LogP contribution in [-0.2, 0) is 22.7 Å². The van der Waals surface area contributed by atoms with E-state index in [0.717, 1.165) is 11.1 Å². The van der Waals surface area contributed by atoms with Gasteiger partial charge in [-0.2, -0.15) is 0 Å². The van der Waals surface area contributed by atoms with E-state index >= 15 is 0 Å². The molecule has 0 aromatic heterocycles. The highest BCUT2D eigenvalue weighted by molar-refractivity contribution is 5.80. The van der Waals surface area contributed by atoms with Gasteiger partial charge in [0.2, 0.25) is 5.91 Å². The van der Waals surface area contributed by atoms with Crippen molar-refractivity contribution in [3.63, 3.8) is 0 Å². The summed E-state index contributed by atoms with van der Waals surface area (Å²) < 4.78 is 0. The number of carboxylic acid groups (broad SMARTS) is 1. The fourth-order valence-electron chi connectivity index (χ4n) is 2.24. The Morgan fingerprint density at radius 3 is 2.47 bits per heavy atom. The lowest BCUT2D eigenvalue weighted by Crippen LogP contribution is -2.41. The standard InChI is InChI=1S/C14H17NO4/c16-9-11-3-1-10(2-4-11)7-15-8-12(14(18)19)5-6-13(15)17/h1-4,12,16H,5-9H2,(H,18,19). The summed E-state index contributed by atoms with van der Waals surface area (Å²) in [5.74, 6) is -1.30. The van der Waals surface area contributed by atoms with Crippen LogP contribution in [0.4, 0.5) is 0 Å². The van der Waals surface area contributed by atoms with Gasteiger partial charge < -0.3 is 15.1 Å². The topological polar surface area (TPSA) is 77.8 Å². The van der Waals surface area contributed by atoms with Crippen molar-refractivity contribution in [2.45, 2.75) is 26.0 Å². The van der Waals surface area contributed by atoms with Crippen LogP contribution in [0.5, 0.6) is 0 Å². The summed E-state index contributed by atoms with van der Waals surface area (Å²) >= 11 is 0. The average Bonchev–Trinajstić information content (AvgIpc) is 2.42. The molecule has 1 saturated heterocycles. The van der Waals surface area contributed by atoms with E-state index in [1.54, 1.807) is 17.0 Å². The minimum atomic E-state index is -0.840. The minimum absolute atomic E-state index is 0.00346. The van der Waals surface area contributed by atoms with E-state index in [-0.39, 0.29) is 19.1 Å². The number of benzene rings is 1. The lowest BCUT2D eigenvalue weighted by Gasteiger charge is -2.30. The second-order valence-corrected chi connectivity index (χ2v) is 4.82. The number of hydrogen-bond acceptors (Lipinski definition) is 3. The quantitative estimate of drug-likeness (QED) is 0.849. The van der Waals surface area contributed by atoms with E-state index in [1.165, 1.54) is 0 Å². The number of carbonyl (C=O) groups is 2. The molecule has 1 aliphatic heterocycles. The number of aliphatic hydroxyl groups is 1. The maximum Gasteiger partial charge on any atom is 0.308 e. The fraction of sp³-hybridized carbons (Fsp3) is 0.429. The zero-order valence-corrected chi connectivity index (χ0v) is 10.6. The molecule has 1 amide bonds. The SMILES string of the molecule is O=C(O)C1CCC(=O)N(Cc2ccc(CO)cc2)C1. The number of aliphatic carboxylic acids is 1. The number of rotatable bonds is 4. The van der Waals surface area contributed by atoms with Gasteiger partial charge in [-0.3, -0.25) is 9.59 Å². The maximum atomic E-state index is 11.8. The van der Waals surface area contributed by atoms with Crippen molar-refractivity contribution in [3.05, 3.63) is 35.4 Å². The predicted molar refractivity (Wildman–Crippen MR) is 68.1 cm³/mol. The Morgan fingerprint density at radius 1 is 1.26 bits per heavy atom. The Labute approximate surface area is 111 Å². The zero-order chi connectivity index (χ0) is 13.8. The molecule has 1 aromatic rings. The average molecular weight is 263 g/mol. The molecule has 1 aliphatic rings. The molecule has 0 saturated carbocycles. The second-order valence-electron chi connectivity index (χ2n) is 4.82. The lowest BCUT2D eigenvalue weighted by atomic mass is 9.97. The third-order valence-corrected chi connectivity index (χ3v) is 3.43. The number of aliphatic hydroxyl groups excluding tert-OH is 1. The molecule has 0 radical (unpaired) electrons. The van der Waals surface area contributed by atoms with Gasteiger partial charge in [0.15, 0.2) is 0 Å². The van der Waals surface area contributed by atoms with Crippen molar-refractivity contribution in [2.75, 3.05) is 6.54 Å². The fourth-order valence-corrected chi connectivity index (χ4v) is 2.24. The molecule has 19 heavy (non-hydrogen) atoms. The van der Waals surface area contributed by atoms with Crippen LogP contribution in [0.25, 0.3) is 0 Å². The zero-order valence-electron chi connectivity index (χ0n) is 10.6. The first kappa shape index (κ1) is 13.5. The first-order valence-corrected chi connectivity index (χ1v) is 6.29. The smallest absolute Gasteiger partial charge is 0.308 e. The van der Waals surface area contributed by atoms with Crippen LogP contribution in [0, 0.1) is 5.92 Å². The minimum Gasteiger partial charge on any atom is -0.481 e. The number of carboxylic acids is 1. The van der Waals surface area contributed by atoms with Gasteiger partial charge in [-0.05, 0) is 17.5 Å². The van der Waals surface area contributed by atoms with Crippen LogP contribution in [0.1, 0.15) is 24.0 Å². The third kappa shape index (κ3) is 3.32. The van der Waals surface area contributed by atoms with Gasteiger partial charge in [0.1, 0.15) is 0 Å². The van der Waals surface area contributed by atoms with E-state index in [0.29, 0.717) is 19.4 Å². The van der Waals surface area contributed by atoms with Crippen LogP contribution < -0.4 is 0 Å². The first-order chi connectivity index (χ1) is 9.10. The van der Waals surface area contributed by atoms with Crippen LogP contribution in [0.3, 0.4) is 0 Å². The van der Waals surface area contributed by atoms with Crippen molar-refractivity contribution < 1.29 is 19.8 Å². The molecule has 0 bridgehead atoms. The highest BCUT2D eigenvalue weighted by atomic mass is 16.4. The molecule has 102 valence electrons. The first-order valence-electron chi connectivity index (χ1n) is 6.29. The van der Waals surface area contributed by atoms with E-state index in [2.05, 4.69) is 0 Å². The van der Waals surface area contributed by atoms with E-state index in [9.17, 15) is 9.59 Å². The predicted octanol–water partition coefficient (Wildman–Crippen LogP) is 1.00. The molecule has 1 fully saturated rings. The molecule has 2 N–H and O–H groups in total. The number of amides is 1. The summed E-state index contributed by atoms with van der Waals surface area (Å²) in [6.07, 6.45) is 0.722. The van der Waals surface area contributed by atoms with Gasteiger partial charge >= 0.3 is 5.97 Å². The van der Waals surface area contributed by atoms with Gasteiger partial charge in [-0.25, -0.2) is 0 Å². The summed E-state index contributed by atoms with van der Waals surface area (Å²) in [6.45, 7) is 0.689. The second kappa shape index (κ2) is 5.84.